The number of anilines is 1. The molecule has 0 saturated carbocycles. The fraction of sp³-hybridized carbons (Fsp3) is 0.682. The molecule has 0 atom stereocenters. The minimum absolute atomic E-state index is 0.0897. The number of piperazine rings is 1. The molecule has 12 nitrogen and oxygen atoms in total. The van der Waals surface area contributed by atoms with Gasteiger partial charge in [0.25, 0.3) is 0 Å². The number of fused-ring (bicyclic) bond motifs is 2. The normalized spacial score (nSPS) is 20.5. The van der Waals surface area contributed by atoms with Gasteiger partial charge in [0.1, 0.15) is 11.6 Å². The number of carbonyl (C=O) groups excluding carboxylic acids is 1. The van der Waals surface area contributed by atoms with Crippen LogP contribution in [0.4, 0.5) is 5.82 Å². The van der Waals surface area contributed by atoms with E-state index >= 15 is 0 Å². The van der Waals surface area contributed by atoms with Gasteiger partial charge < -0.3 is 14.4 Å². The lowest BCUT2D eigenvalue weighted by Crippen LogP contribution is -2.51. The lowest BCUT2D eigenvalue weighted by molar-refractivity contribution is -0.138. The molecule has 0 aliphatic carbocycles. The molecule has 0 aromatic carbocycles. The van der Waals surface area contributed by atoms with Crippen molar-refractivity contribution in [3.63, 3.8) is 0 Å². The Labute approximate surface area is 197 Å². The van der Waals surface area contributed by atoms with E-state index in [1.165, 1.54) is 23.9 Å². The molecule has 0 N–H and O–H groups in total. The highest BCUT2D eigenvalue weighted by atomic mass is 16.2. The van der Waals surface area contributed by atoms with Gasteiger partial charge in [-0.15, -0.1) is 25.0 Å². The van der Waals surface area contributed by atoms with Crippen LogP contribution in [0.15, 0.2) is 12.1 Å². The number of carbonyl (C=O) groups is 1. The SMILES string of the molecule is O=C(C1CCN(c2ccc3nnnn3n2)CC1)N1CCN(Cc2nnc3n2CCCCC3)CC1. The van der Waals surface area contributed by atoms with Gasteiger partial charge in [0.15, 0.2) is 11.5 Å². The van der Waals surface area contributed by atoms with Crippen molar-refractivity contribution >= 4 is 17.4 Å². The van der Waals surface area contributed by atoms with Gasteiger partial charge in [-0.05, 0) is 48.2 Å². The molecular formula is C22H31N11O. The molecular weight excluding hydrogens is 434 g/mol. The van der Waals surface area contributed by atoms with E-state index < -0.39 is 0 Å². The first-order chi connectivity index (χ1) is 16.7. The van der Waals surface area contributed by atoms with E-state index in [2.05, 4.69) is 50.1 Å². The summed E-state index contributed by atoms with van der Waals surface area (Å²) in [4.78, 5) is 19.9. The van der Waals surface area contributed by atoms with E-state index in [0.717, 1.165) is 89.1 Å². The fourth-order valence-corrected chi connectivity index (χ4v) is 5.41. The van der Waals surface area contributed by atoms with Crippen LogP contribution in [-0.4, -0.2) is 95.0 Å². The van der Waals surface area contributed by atoms with Gasteiger partial charge in [-0.25, -0.2) is 0 Å². The van der Waals surface area contributed by atoms with Crippen LogP contribution in [0, 0.1) is 5.92 Å². The average Bonchev–Trinajstić information content (AvgIpc) is 3.43. The Morgan fingerprint density at radius 1 is 0.912 bits per heavy atom. The number of piperidine rings is 1. The summed E-state index contributed by atoms with van der Waals surface area (Å²) >= 11 is 0. The lowest BCUT2D eigenvalue weighted by atomic mass is 9.95. The van der Waals surface area contributed by atoms with Gasteiger partial charge >= 0.3 is 0 Å². The summed E-state index contributed by atoms with van der Waals surface area (Å²) in [6.07, 6.45) is 6.43. The number of hydrogen-bond donors (Lipinski definition) is 0. The summed E-state index contributed by atoms with van der Waals surface area (Å²) in [5.41, 5.74) is 0.632. The molecule has 12 heteroatoms. The van der Waals surface area contributed by atoms with E-state index in [4.69, 9.17) is 0 Å². The van der Waals surface area contributed by atoms with Crippen LogP contribution in [0.25, 0.3) is 5.65 Å². The molecule has 6 rings (SSSR count). The van der Waals surface area contributed by atoms with Crippen molar-refractivity contribution in [3.8, 4) is 0 Å². The number of aryl methyl sites for hydroxylation is 1. The Balaban J connectivity index is 0.998. The molecule has 3 aromatic rings. The monoisotopic (exact) mass is 465 g/mol. The number of tetrazole rings is 1. The second-order valence-corrected chi connectivity index (χ2v) is 9.58. The van der Waals surface area contributed by atoms with Crippen molar-refractivity contribution in [2.24, 2.45) is 5.92 Å². The molecule has 2 fully saturated rings. The fourth-order valence-electron chi connectivity index (χ4n) is 5.41. The molecule has 0 radical (unpaired) electrons. The largest absolute Gasteiger partial charge is 0.355 e. The topological polar surface area (TPSA) is 113 Å². The highest BCUT2D eigenvalue weighted by Crippen LogP contribution is 2.24. The van der Waals surface area contributed by atoms with Crippen LogP contribution >= 0.6 is 0 Å². The van der Waals surface area contributed by atoms with Crippen LogP contribution in [0.2, 0.25) is 0 Å². The molecule has 0 spiro atoms. The molecule has 180 valence electrons. The van der Waals surface area contributed by atoms with Crippen molar-refractivity contribution < 1.29 is 4.79 Å². The summed E-state index contributed by atoms with van der Waals surface area (Å²) in [7, 11) is 0. The Morgan fingerprint density at radius 2 is 1.76 bits per heavy atom. The van der Waals surface area contributed by atoms with Crippen LogP contribution in [0.5, 0.6) is 0 Å². The van der Waals surface area contributed by atoms with Gasteiger partial charge in [-0.1, -0.05) is 6.42 Å². The smallest absolute Gasteiger partial charge is 0.225 e. The summed E-state index contributed by atoms with van der Waals surface area (Å²) in [5.74, 6) is 3.47. The zero-order valence-electron chi connectivity index (χ0n) is 19.5. The van der Waals surface area contributed by atoms with E-state index in [0.29, 0.717) is 11.6 Å². The molecule has 1 amide bonds. The van der Waals surface area contributed by atoms with Crippen LogP contribution in [0.1, 0.15) is 43.8 Å². The predicted molar refractivity (Wildman–Crippen MR) is 123 cm³/mol. The molecule has 3 aromatic heterocycles. The molecule has 3 aliphatic heterocycles. The zero-order valence-corrected chi connectivity index (χ0v) is 19.5. The van der Waals surface area contributed by atoms with Gasteiger partial charge in [0.2, 0.25) is 5.91 Å². The summed E-state index contributed by atoms with van der Waals surface area (Å²) in [6, 6.07) is 3.82. The first kappa shape index (κ1) is 21.4. The molecule has 34 heavy (non-hydrogen) atoms. The second-order valence-electron chi connectivity index (χ2n) is 9.58. The van der Waals surface area contributed by atoms with E-state index in [-0.39, 0.29) is 5.92 Å². The minimum Gasteiger partial charge on any atom is -0.355 e. The lowest BCUT2D eigenvalue weighted by Gasteiger charge is -2.38. The third-order valence-corrected chi connectivity index (χ3v) is 7.46. The van der Waals surface area contributed by atoms with E-state index in [1.54, 1.807) is 0 Å². The van der Waals surface area contributed by atoms with Gasteiger partial charge in [0.05, 0.1) is 6.54 Å². The quantitative estimate of drug-likeness (QED) is 0.540. The molecule has 0 unspecified atom stereocenters. The van der Waals surface area contributed by atoms with Crippen molar-refractivity contribution in [1.82, 2.24) is 49.8 Å². The number of aromatic nitrogens is 8. The Bertz CT molecular complexity index is 1140. The van der Waals surface area contributed by atoms with Crippen LogP contribution in [0.3, 0.4) is 0 Å². The van der Waals surface area contributed by atoms with Crippen molar-refractivity contribution in [2.75, 3.05) is 44.2 Å². The number of nitrogens with zero attached hydrogens (tertiary/aromatic N) is 11. The van der Waals surface area contributed by atoms with Gasteiger partial charge in [-0.3, -0.25) is 9.69 Å². The first-order valence-electron chi connectivity index (χ1n) is 12.5. The van der Waals surface area contributed by atoms with E-state index in [1.807, 2.05) is 12.1 Å². The van der Waals surface area contributed by atoms with Crippen LogP contribution in [-0.2, 0) is 24.3 Å². The van der Waals surface area contributed by atoms with Gasteiger partial charge in [-0.2, -0.15) is 0 Å². The Morgan fingerprint density at radius 3 is 2.62 bits per heavy atom. The highest BCUT2D eigenvalue weighted by molar-refractivity contribution is 5.79. The highest BCUT2D eigenvalue weighted by Gasteiger charge is 2.31. The summed E-state index contributed by atoms with van der Waals surface area (Å²) in [5, 5.41) is 24.8. The third kappa shape index (κ3) is 4.22. The summed E-state index contributed by atoms with van der Waals surface area (Å²) < 4.78 is 3.77. The maximum Gasteiger partial charge on any atom is 0.225 e. The first-order valence-corrected chi connectivity index (χ1v) is 12.5. The second kappa shape index (κ2) is 9.24. The third-order valence-electron chi connectivity index (χ3n) is 7.46. The van der Waals surface area contributed by atoms with Crippen molar-refractivity contribution in [1.29, 1.82) is 0 Å². The summed E-state index contributed by atoms with van der Waals surface area (Å²) in [6.45, 7) is 6.85. The van der Waals surface area contributed by atoms with Crippen molar-refractivity contribution in [2.45, 2.75) is 51.6 Å². The Hall–Kier alpha value is -3.15. The van der Waals surface area contributed by atoms with Crippen molar-refractivity contribution in [3.05, 3.63) is 23.8 Å². The van der Waals surface area contributed by atoms with E-state index in [9.17, 15) is 4.79 Å². The zero-order chi connectivity index (χ0) is 22.9. The van der Waals surface area contributed by atoms with Gasteiger partial charge in [0, 0.05) is 58.2 Å². The number of rotatable bonds is 4. The maximum absolute atomic E-state index is 13.2. The molecule has 0 bridgehead atoms. The number of hydrogen-bond acceptors (Lipinski definition) is 9. The minimum atomic E-state index is 0.0897. The predicted octanol–water partition coefficient (Wildman–Crippen LogP) is 0.398. The number of amides is 1. The molecule has 6 heterocycles. The standard InChI is InChI=1S/C22H31N11O/c34-22(17-7-10-30(11-8-17)20-6-5-19-25-27-28-33(19)26-20)31-14-12-29(13-15-31)16-21-24-23-18-4-2-1-3-9-32(18)21/h5-6,17H,1-4,7-16H2. The molecule has 3 aliphatic rings. The molecule has 2 saturated heterocycles. The maximum atomic E-state index is 13.2. The average molecular weight is 466 g/mol. The van der Waals surface area contributed by atoms with Crippen LogP contribution < -0.4 is 4.90 Å². The Kier molecular flexibility index (Phi) is 5.81.